The molecule has 0 saturated heterocycles. The van der Waals surface area contributed by atoms with Crippen LogP contribution in [0.2, 0.25) is 0 Å². The minimum Gasteiger partial charge on any atom is -0.368 e. The van der Waals surface area contributed by atoms with Crippen LogP contribution in [0.25, 0.3) is 10.9 Å². The Hall–Kier alpha value is -2.74. The zero-order chi connectivity index (χ0) is 19.6. The third-order valence-corrected chi connectivity index (χ3v) is 4.23. The predicted molar refractivity (Wildman–Crippen MR) is 95.8 cm³/mol. The van der Waals surface area contributed by atoms with E-state index in [1.165, 1.54) is 18.2 Å². The van der Waals surface area contributed by atoms with Crippen LogP contribution in [0.3, 0.4) is 0 Å². The topological polar surface area (TPSA) is 41.0 Å². The first kappa shape index (κ1) is 19.0. The second kappa shape index (κ2) is 7.87. The van der Waals surface area contributed by atoms with Gasteiger partial charge in [0.25, 0.3) is 6.43 Å². The standard InChI is InChI=1S/C19H18F4N4/c1-27(2)15(16-12(20)7-5-8-13(16)21)10-24-18-11-6-3-4-9-14(11)25-19(26-18)17(22)23/h3-9,15,17H,10H2,1-2H3,(H,24,25,26). The summed E-state index contributed by atoms with van der Waals surface area (Å²) in [6.45, 7) is 0.0640. The van der Waals surface area contributed by atoms with Crippen LogP contribution >= 0.6 is 0 Å². The number of para-hydroxylation sites is 1. The van der Waals surface area contributed by atoms with Crippen LogP contribution in [-0.4, -0.2) is 35.5 Å². The first-order valence-corrected chi connectivity index (χ1v) is 8.27. The third kappa shape index (κ3) is 4.00. The summed E-state index contributed by atoms with van der Waals surface area (Å²) in [5.41, 5.74) is 0.270. The summed E-state index contributed by atoms with van der Waals surface area (Å²) in [7, 11) is 3.36. The summed E-state index contributed by atoms with van der Waals surface area (Å²) >= 11 is 0. The molecular formula is C19H18F4N4. The minimum atomic E-state index is -2.83. The maximum atomic E-state index is 14.2. The Bertz CT molecular complexity index is 926. The summed E-state index contributed by atoms with van der Waals surface area (Å²) < 4.78 is 54.6. The molecule has 0 radical (unpaired) electrons. The fourth-order valence-electron chi connectivity index (χ4n) is 2.89. The smallest absolute Gasteiger partial charge is 0.297 e. The second-order valence-electron chi connectivity index (χ2n) is 6.24. The molecule has 0 aliphatic carbocycles. The van der Waals surface area contributed by atoms with Gasteiger partial charge in [-0.15, -0.1) is 0 Å². The SMILES string of the molecule is CN(C)C(CNc1nc(C(F)F)nc2ccccc12)c1c(F)cccc1F. The van der Waals surface area contributed by atoms with E-state index < -0.39 is 29.9 Å². The summed E-state index contributed by atoms with van der Waals surface area (Å²) in [5.74, 6) is -1.75. The van der Waals surface area contributed by atoms with Crippen molar-refractivity contribution in [1.82, 2.24) is 14.9 Å². The highest BCUT2D eigenvalue weighted by Crippen LogP contribution is 2.28. The third-order valence-electron chi connectivity index (χ3n) is 4.23. The Morgan fingerprint density at radius 3 is 2.26 bits per heavy atom. The first-order valence-electron chi connectivity index (χ1n) is 8.27. The fraction of sp³-hybridized carbons (Fsp3) is 0.263. The van der Waals surface area contributed by atoms with Crippen molar-refractivity contribution in [3.05, 3.63) is 65.5 Å². The van der Waals surface area contributed by atoms with E-state index in [1.54, 1.807) is 43.3 Å². The number of benzene rings is 2. The molecule has 0 fully saturated rings. The van der Waals surface area contributed by atoms with Crippen molar-refractivity contribution in [3.63, 3.8) is 0 Å². The number of nitrogens with one attached hydrogen (secondary N) is 1. The zero-order valence-electron chi connectivity index (χ0n) is 14.8. The van der Waals surface area contributed by atoms with Gasteiger partial charge in [-0.05, 0) is 38.4 Å². The van der Waals surface area contributed by atoms with Gasteiger partial charge in [0.1, 0.15) is 17.5 Å². The average molecular weight is 378 g/mol. The number of fused-ring (bicyclic) bond motifs is 1. The van der Waals surface area contributed by atoms with Crippen molar-refractivity contribution in [2.75, 3.05) is 26.0 Å². The zero-order valence-corrected chi connectivity index (χ0v) is 14.8. The van der Waals surface area contributed by atoms with Crippen LogP contribution in [-0.2, 0) is 0 Å². The first-order chi connectivity index (χ1) is 12.9. The molecule has 0 aliphatic heterocycles. The predicted octanol–water partition coefficient (Wildman–Crippen LogP) is 4.56. The van der Waals surface area contributed by atoms with Gasteiger partial charge in [-0.1, -0.05) is 18.2 Å². The maximum Gasteiger partial charge on any atom is 0.297 e. The number of rotatable bonds is 6. The van der Waals surface area contributed by atoms with Crippen molar-refractivity contribution in [2.45, 2.75) is 12.5 Å². The quantitative estimate of drug-likeness (QED) is 0.639. The van der Waals surface area contributed by atoms with E-state index in [9.17, 15) is 17.6 Å². The molecule has 1 aromatic heterocycles. The van der Waals surface area contributed by atoms with Crippen LogP contribution in [0.1, 0.15) is 23.9 Å². The van der Waals surface area contributed by atoms with Gasteiger partial charge in [0.05, 0.1) is 11.6 Å². The molecule has 4 nitrogen and oxygen atoms in total. The summed E-state index contributed by atoms with van der Waals surface area (Å²) in [4.78, 5) is 9.39. The van der Waals surface area contributed by atoms with Crippen LogP contribution in [0.15, 0.2) is 42.5 Å². The van der Waals surface area contributed by atoms with Gasteiger partial charge in [0, 0.05) is 17.5 Å². The molecule has 142 valence electrons. The summed E-state index contributed by atoms with van der Waals surface area (Å²) in [6.07, 6.45) is -2.83. The molecule has 0 spiro atoms. The lowest BCUT2D eigenvalue weighted by atomic mass is 10.0. The summed E-state index contributed by atoms with van der Waals surface area (Å²) in [6, 6.07) is 9.71. The Balaban J connectivity index is 1.97. The molecule has 2 aromatic carbocycles. The molecule has 3 rings (SSSR count). The van der Waals surface area contributed by atoms with Gasteiger partial charge in [0.2, 0.25) is 0 Å². The Morgan fingerprint density at radius 1 is 0.963 bits per heavy atom. The van der Waals surface area contributed by atoms with Crippen molar-refractivity contribution < 1.29 is 17.6 Å². The van der Waals surface area contributed by atoms with Crippen molar-refractivity contribution >= 4 is 16.7 Å². The van der Waals surface area contributed by atoms with Gasteiger partial charge < -0.3 is 10.2 Å². The molecule has 27 heavy (non-hydrogen) atoms. The van der Waals surface area contributed by atoms with Crippen LogP contribution < -0.4 is 5.32 Å². The van der Waals surface area contributed by atoms with E-state index in [0.717, 1.165) is 0 Å². The number of hydrogen-bond donors (Lipinski definition) is 1. The van der Waals surface area contributed by atoms with Crippen molar-refractivity contribution in [3.8, 4) is 0 Å². The van der Waals surface area contributed by atoms with Crippen LogP contribution in [0.5, 0.6) is 0 Å². The highest BCUT2D eigenvalue weighted by atomic mass is 19.3. The lowest BCUT2D eigenvalue weighted by molar-refractivity contribution is 0.141. The highest BCUT2D eigenvalue weighted by Gasteiger charge is 2.23. The number of likely N-dealkylation sites (N-methyl/N-ethyl adjacent to an activating group) is 1. The number of hydrogen-bond acceptors (Lipinski definition) is 4. The molecule has 0 amide bonds. The van der Waals surface area contributed by atoms with Gasteiger partial charge >= 0.3 is 0 Å². The fourth-order valence-corrected chi connectivity index (χ4v) is 2.89. The van der Waals surface area contributed by atoms with E-state index in [2.05, 4.69) is 15.3 Å². The van der Waals surface area contributed by atoms with Gasteiger partial charge in [-0.25, -0.2) is 27.5 Å². The number of anilines is 1. The Kier molecular flexibility index (Phi) is 5.55. The van der Waals surface area contributed by atoms with E-state index in [0.29, 0.717) is 10.9 Å². The maximum absolute atomic E-state index is 14.2. The molecular weight excluding hydrogens is 360 g/mol. The van der Waals surface area contributed by atoms with Crippen LogP contribution in [0.4, 0.5) is 23.4 Å². The Labute approximate surface area is 153 Å². The van der Waals surface area contributed by atoms with E-state index in [4.69, 9.17) is 0 Å². The lowest BCUT2D eigenvalue weighted by Crippen LogP contribution is -2.29. The molecule has 0 saturated carbocycles. The van der Waals surface area contributed by atoms with Gasteiger partial charge in [-0.3, -0.25) is 0 Å². The molecule has 1 unspecified atom stereocenters. The molecule has 8 heteroatoms. The second-order valence-corrected chi connectivity index (χ2v) is 6.24. The van der Waals surface area contributed by atoms with E-state index >= 15 is 0 Å². The molecule has 0 bridgehead atoms. The number of halogens is 4. The normalized spacial score (nSPS) is 12.7. The number of aromatic nitrogens is 2. The summed E-state index contributed by atoms with van der Waals surface area (Å²) in [5, 5.41) is 3.51. The molecule has 3 aromatic rings. The Morgan fingerprint density at radius 2 is 1.63 bits per heavy atom. The van der Waals surface area contributed by atoms with Crippen molar-refractivity contribution in [2.24, 2.45) is 0 Å². The van der Waals surface area contributed by atoms with Crippen LogP contribution in [0, 0.1) is 11.6 Å². The number of nitrogens with zero attached hydrogens (tertiary/aromatic N) is 3. The molecule has 1 heterocycles. The molecule has 1 N–H and O–H groups in total. The molecule has 0 aliphatic rings. The van der Waals surface area contributed by atoms with E-state index in [-0.39, 0.29) is 17.9 Å². The monoisotopic (exact) mass is 378 g/mol. The average Bonchev–Trinajstić information content (AvgIpc) is 2.63. The lowest BCUT2D eigenvalue weighted by Gasteiger charge is -2.26. The largest absolute Gasteiger partial charge is 0.368 e. The van der Waals surface area contributed by atoms with Crippen molar-refractivity contribution in [1.29, 1.82) is 0 Å². The van der Waals surface area contributed by atoms with Gasteiger partial charge in [0.15, 0.2) is 5.82 Å². The van der Waals surface area contributed by atoms with E-state index in [1.807, 2.05) is 0 Å². The number of alkyl halides is 2. The molecule has 1 atom stereocenters. The minimum absolute atomic E-state index is 0.0640. The van der Waals surface area contributed by atoms with Gasteiger partial charge in [-0.2, -0.15) is 0 Å². The highest BCUT2D eigenvalue weighted by molar-refractivity contribution is 5.89.